The number of non-ortho nitro benzene ring substituents is 1. The number of hydrogen-bond donors (Lipinski definition) is 2. The Kier molecular flexibility index (Phi) is 6.09. The summed E-state index contributed by atoms with van der Waals surface area (Å²) in [5, 5.41) is 14.5. The number of nitrogens with one attached hydrogen (secondary N) is 2. The second-order valence-corrected chi connectivity index (χ2v) is 5.67. The summed E-state index contributed by atoms with van der Waals surface area (Å²) in [4.78, 5) is 34.1. The second-order valence-electron chi connectivity index (χ2n) is 5.24. The average molecular weight is 418 g/mol. The van der Waals surface area contributed by atoms with Crippen LogP contribution in [0.4, 0.5) is 30.2 Å². The number of methoxy groups -OCH3 is 1. The molecule has 0 radical (unpaired) electrons. The summed E-state index contributed by atoms with van der Waals surface area (Å²) in [7, 11) is 1.22. The van der Waals surface area contributed by atoms with E-state index in [1.54, 1.807) is 0 Å². The van der Waals surface area contributed by atoms with E-state index in [2.05, 4.69) is 5.32 Å². The Balaban J connectivity index is 2.25. The van der Waals surface area contributed by atoms with E-state index in [9.17, 15) is 32.9 Å². The van der Waals surface area contributed by atoms with Gasteiger partial charge in [0.25, 0.3) is 5.69 Å². The molecule has 0 saturated heterocycles. The number of amides is 2. The summed E-state index contributed by atoms with van der Waals surface area (Å²) in [6, 6.07) is 5.83. The molecule has 0 aromatic heterocycles. The predicted octanol–water partition coefficient (Wildman–Crippen LogP) is 3.85. The summed E-state index contributed by atoms with van der Waals surface area (Å²) in [5.41, 5.74) is -2.52. The SMILES string of the molecule is COc1ccc([N+](=O)[O-])cc1NC(=O)C(=O)Nc1ccc(Cl)cc1C(F)(F)F. The number of benzene rings is 2. The van der Waals surface area contributed by atoms with Crippen LogP contribution in [0.15, 0.2) is 36.4 Å². The molecule has 0 saturated carbocycles. The van der Waals surface area contributed by atoms with Crippen molar-refractivity contribution in [1.82, 2.24) is 0 Å². The molecular formula is C16H11ClF3N3O5. The molecule has 0 atom stereocenters. The summed E-state index contributed by atoms with van der Waals surface area (Å²) in [5.74, 6) is -2.78. The van der Waals surface area contributed by atoms with Crippen molar-refractivity contribution in [3.05, 3.63) is 57.1 Å². The molecule has 0 bridgehead atoms. The molecule has 148 valence electrons. The lowest BCUT2D eigenvalue weighted by Crippen LogP contribution is -2.30. The van der Waals surface area contributed by atoms with Crippen LogP contribution >= 0.6 is 11.6 Å². The number of rotatable bonds is 4. The highest BCUT2D eigenvalue weighted by Crippen LogP contribution is 2.36. The number of hydrogen-bond acceptors (Lipinski definition) is 5. The molecule has 2 rings (SSSR count). The molecule has 0 aliphatic rings. The molecule has 0 unspecified atom stereocenters. The van der Waals surface area contributed by atoms with Gasteiger partial charge >= 0.3 is 18.0 Å². The van der Waals surface area contributed by atoms with Gasteiger partial charge in [0.15, 0.2) is 0 Å². The molecule has 28 heavy (non-hydrogen) atoms. The maximum atomic E-state index is 13.1. The molecule has 2 aromatic rings. The van der Waals surface area contributed by atoms with Crippen molar-refractivity contribution >= 4 is 40.5 Å². The van der Waals surface area contributed by atoms with Crippen molar-refractivity contribution in [3.63, 3.8) is 0 Å². The molecule has 12 heteroatoms. The number of carbonyl (C=O) groups is 2. The van der Waals surface area contributed by atoms with Crippen LogP contribution in [0, 0.1) is 10.1 Å². The zero-order valence-corrected chi connectivity index (χ0v) is 14.7. The fourth-order valence-corrected chi connectivity index (χ4v) is 2.30. The van der Waals surface area contributed by atoms with Gasteiger partial charge in [0, 0.05) is 17.2 Å². The monoisotopic (exact) mass is 417 g/mol. The molecule has 0 aliphatic carbocycles. The van der Waals surface area contributed by atoms with Gasteiger partial charge in [-0.25, -0.2) is 0 Å². The molecule has 0 aliphatic heterocycles. The number of halogens is 4. The van der Waals surface area contributed by atoms with Crippen molar-refractivity contribution in [2.45, 2.75) is 6.18 Å². The second kappa shape index (κ2) is 8.13. The largest absolute Gasteiger partial charge is 0.495 e. The van der Waals surface area contributed by atoms with Crippen LogP contribution in [-0.4, -0.2) is 23.8 Å². The molecule has 2 N–H and O–H groups in total. The summed E-state index contributed by atoms with van der Waals surface area (Å²) in [6.45, 7) is 0. The van der Waals surface area contributed by atoms with Gasteiger partial charge in [0.1, 0.15) is 5.75 Å². The van der Waals surface area contributed by atoms with Gasteiger partial charge in [-0.05, 0) is 24.3 Å². The summed E-state index contributed by atoms with van der Waals surface area (Å²) in [6.07, 6.45) is -4.83. The summed E-state index contributed by atoms with van der Waals surface area (Å²) >= 11 is 5.54. The Bertz CT molecular complexity index is 950. The lowest BCUT2D eigenvalue weighted by molar-refractivity contribution is -0.384. The Morgan fingerprint density at radius 3 is 2.21 bits per heavy atom. The Labute approximate surface area is 160 Å². The number of anilines is 2. The number of ether oxygens (including phenoxy) is 1. The molecule has 0 heterocycles. The van der Waals surface area contributed by atoms with Crippen LogP contribution in [-0.2, 0) is 15.8 Å². The van der Waals surface area contributed by atoms with Crippen LogP contribution in [0.25, 0.3) is 0 Å². The maximum Gasteiger partial charge on any atom is 0.418 e. The molecule has 0 fully saturated rings. The summed E-state index contributed by atoms with van der Waals surface area (Å²) < 4.78 is 44.1. The van der Waals surface area contributed by atoms with E-state index in [-0.39, 0.29) is 16.5 Å². The Morgan fingerprint density at radius 2 is 1.68 bits per heavy atom. The maximum absolute atomic E-state index is 13.1. The highest BCUT2D eigenvalue weighted by atomic mass is 35.5. The quantitative estimate of drug-likeness (QED) is 0.446. The van der Waals surface area contributed by atoms with Crippen LogP contribution in [0.5, 0.6) is 5.75 Å². The molecule has 8 nitrogen and oxygen atoms in total. The predicted molar refractivity (Wildman–Crippen MR) is 93.4 cm³/mol. The van der Waals surface area contributed by atoms with Crippen LogP contribution in [0.1, 0.15) is 5.56 Å². The number of carbonyl (C=O) groups excluding carboxylic acids is 2. The van der Waals surface area contributed by atoms with E-state index in [1.165, 1.54) is 13.2 Å². The number of nitro benzene ring substituents is 1. The number of nitrogens with zero attached hydrogens (tertiary/aromatic N) is 1. The minimum absolute atomic E-state index is 0.00854. The molecular weight excluding hydrogens is 407 g/mol. The lowest BCUT2D eigenvalue weighted by Gasteiger charge is -2.14. The van der Waals surface area contributed by atoms with Crippen molar-refractivity contribution in [1.29, 1.82) is 0 Å². The molecule has 0 spiro atoms. The third-order valence-corrected chi connectivity index (χ3v) is 3.62. The fraction of sp³-hybridized carbons (Fsp3) is 0.125. The highest BCUT2D eigenvalue weighted by Gasteiger charge is 2.34. The topological polar surface area (TPSA) is 111 Å². The first-order valence-corrected chi connectivity index (χ1v) is 7.72. The standard InChI is InChI=1S/C16H11ClF3N3O5/c1-28-13-5-3-9(23(26)27)7-12(13)22-15(25)14(24)21-11-4-2-8(17)6-10(11)16(18,19)20/h2-7H,1H3,(H,21,24)(H,22,25). The first-order chi connectivity index (χ1) is 13.0. The van der Waals surface area contributed by atoms with Gasteiger partial charge in [0.05, 0.1) is 29.0 Å². The number of alkyl halides is 3. The van der Waals surface area contributed by atoms with E-state index in [4.69, 9.17) is 16.3 Å². The van der Waals surface area contributed by atoms with Crippen molar-refractivity contribution in [3.8, 4) is 5.75 Å². The lowest BCUT2D eigenvalue weighted by atomic mass is 10.1. The fourth-order valence-electron chi connectivity index (χ4n) is 2.13. The van der Waals surface area contributed by atoms with E-state index in [0.717, 1.165) is 24.3 Å². The van der Waals surface area contributed by atoms with Crippen molar-refractivity contribution < 1.29 is 32.4 Å². The van der Waals surface area contributed by atoms with E-state index in [1.807, 2.05) is 5.32 Å². The van der Waals surface area contributed by atoms with Gasteiger partial charge in [-0.15, -0.1) is 0 Å². The van der Waals surface area contributed by atoms with E-state index >= 15 is 0 Å². The van der Waals surface area contributed by atoms with Crippen LogP contribution < -0.4 is 15.4 Å². The van der Waals surface area contributed by atoms with Crippen LogP contribution in [0.3, 0.4) is 0 Å². The number of nitro groups is 1. The van der Waals surface area contributed by atoms with E-state index in [0.29, 0.717) is 6.07 Å². The van der Waals surface area contributed by atoms with Gasteiger partial charge in [-0.3, -0.25) is 19.7 Å². The van der Waals surface area contributed by atoms with Gasteiger partial charge < -0.3 is 15.4 Å². The minimum Gasteiger partial charge on any atom is -0.495 e. The van der Waals surface area contributed by atoms with Crippen molar-refractivity contribution in [2.24, 2.45) is 0 Å². The van der Waals surface area contributed by atoms with Gasteiger partial charge in [-0.2, -0.15) is 13.2 Å². The van der Waals surface area contributed by atoms with Gasteiger partial charge in [0.2, 0.25) is 0 Å². The average Bonchev–Trinajstić information content (AvgIpc) is 2.62. The third kappa shape index (κ3) is 4.88. The first-order valence-electron chi connectivity index (χ1n) is 7.34. The Morgan fingerprint density at radius 1 is 1.07 bits per heavy atom. The zero-order chi connectivity index (χ0) is 21.1. The van der Waals surface area contributed by atoms with E-state index < -0.39 is 39.9 Å². The minimum atomic E-state index is -4.83. The smallest absolute Gasteiger partial charge is 0.418 e. The molecule has 2 aromatic carbocycles. The normalized spacial score (nSPS) is 10.9. The van der Waals surface area contributed by atoms with Crippen LogP contribution in [0.2, 0.25) is 5.02 Å². The zero-order valence-electron chi connectivity index (χ0n) is 14.0. The Hall–Kier alpha value is -3.34. The highest BCUT2D eigenvalue weighted by molar-refractivity contribution is 6.44. The van der Waals surface area contributed by atoms with Gasteiger partial charge in [-0.1, -0.05) is 11.6 Å². The first kappa shape index (κ1) is 21.0. The van der Waals surface area contributed by atoms with Crippen molar-refractivity contribution in [2.75, 3.05) is 17.7 Å². The third-order valence-electron chi connectivity index (χ3n) is 3.38. The molecule has 2 amide bonds.